The maximum atomic E-state index is 12.3. The van der Waals surface area contributed by atoms with Crippen LogP contribution in [0.3, 0.4) is 0 Å². The van der Waals surface area contributed by atoms with Crippen molar-refractivity contribution in [3.8, 4) is 0 Å². The van der Waals surface area contributed by atoms with Crippen LogP contribution in [-0.2, 0) is 19.4 Å². The number of nitrogens with one attached hydrogen (secondary N) is 2. The maximum Gasteiger partial charge on any atom is 0.238 e. The van der Waals surface area contributed by atoms with Crippen LogP contribution in [0.4, 0.5) is 11.4 Å². The van der Waals surface area contributed by atoms with E-state index in [1.165, 1.54) is 12.1 Å². The van der Waals surface area contributed by atoms with Gasteiger partial charge in [0, 0.05) is 11.9 Å². The lowest BCUT2D eigenvalue weighted by molar-refractivity contribution is -0.119. The van der Waals surface area contributed by atoms with Crippen LogP contribution in [0.2, 0.25) is 0 Å². The number of carbonyl (C=O) groups is 2. The van der Waals surface area contributed by atoms with Gasteiger partial charge in [0.05, 0.1) is 23.7 Å². The minimum absolute atomic E-state index is 0.0223. The molecule has 0 saturated carbocycles. The molecule has 0 aliphatic heterocycles. The van der Waals surface area contributed by atoms with Gasteiger partial charge in [0.25, 0.3) is 0 Å². The van der Waals surface area contributed by atoms with E-state index < -0.39 is 15.7 Å². The third-order valence-corrected chi connectivity index (χ3v) is 5.42. The third kappa shape index (κ3) is 5.90. The van der Waals surface area contributed by atoms with Crippen molar-refractivity contribution in [3.05, 3.63) is 53.6 Å². The molecule has 0 unspecified atom stereocenters. The molecule has 0 saturated heterocycles. The second-order valence-corrected chi connectivity index (χ2v) is 8.77. The summed E-state index contributed by atoms with van der Waals surface area (Å²) in [6.07, 6.45) is 1.09. The number of anilines is 2. The lowest BCUT2D eigenvalue weighted by atomic mass is 10.1. The Labute approximate surface area is 165 Å². The molecule has 7 nitrogen and oxygen atoms in total. The van der Waals surface area contributed by atoms with Gasteiger partial charge in [-0.2, -0.15) is 0 Å². The van der Waals surface area contributed by atoms with E-state index >= 15 is 0 Å². The van der Waals surface area contributed by atoms with Crippen LogP contribution in [0.5, 0.6) is 0 Å². The zero-order chi connectivity index (χ0) is 20.9. The van der Waals surface area contributed by atoms with Gasteiger partial charge in [-0.15, -0.1) is 0 Å². The van der Waals surface area contributed by atoms with E-state index in [-0.39, 0.29) is 29.6 Å². The van der Waals surface area contributed by atoms with Crippen LogP contribution < -0.4 is 10.6 Å². The molecule has 0 atom stereocenters. The summed E-state index contributed by atoms with van der Waals surface area (Å²) < 4.78 is 23.6. The standard InChI is InChI=1S/C20H25N3O4S/c1-14-8-7-10-16(15(14)2)21-19(24)12-23(3)13-20(25)22-17-9-5-6-11-18(17)28(4,26)27/h5-11H,12-13H2,1-4H3,(H,21,24)(H,22,25). The predicted octanol–water partition coefficient (Wildman–Crippen LogP) is 2.22. The molecular formula is C20H25N3O4S. The fourth-order valence-electron chi connectivity index (χ4n) is 2.71. The summed E-state index contributed by atoms with van der Waals surface area (Å²) in [5, 5.41) is 5.44. The molecule has 2 N–H and O–H groups in total. The summed E-state index contributed by atoms with van der Waals surface area (Å²) in [5.41, 5.74) is 3.04. The highest BCUT2D eigenvalue weighted by atomic mass is 32.2. The summed E-state index contributed by atoms with van der Waals surface area (Å²) in [6, 6.07) is 11.9. The average molecular weight is 404 g/mol. The van der Waals surface area contributed by atoms with Gasteiger partial charge >= 0.3 is 0 Å². The molecule has 0 fully saturated rings. The molecule has 28 heavy (non-hydrogen) atoms. The lowest BCUT2D eigenvalue weighted by Gasteiger charge is -2.17. The van der Waals surface area contributed by atoms with E-state index in [0.29, 0.717) is 0 Å². The summed E-state index contributed by atoms with van der Waals surface area (Å²) >= 11 is 0. The number of amides is 2. The number of hydrogen-bond donors (Lipinski definition) is 2. The number of aryl methyl sites for hydroxylation is 1. The van der Waals surface area contributed by atoms with Crippen molar-refractivity contribution in [2.75, 3.05) is 37.0 Å². The first-order chi connectivity index (χ1) is 13.1. The Kier molecular flexibility index (Phi) is 6.93. The molecule has 0 aliphatic carbocycles. The Morgan fingerprint density at radius 3 is 2.04 bits per heavy atom. The lowest BCUT2D eigenvalue weighted by Crippen LogP contribution is -2.36. The van der Waals surface area contributed by atoms with E-state index in [0.717, 1.165) is 23.1 Å². The van der Waals surface area contributed by atoms with Crippen LogP contribution in [0.25, 0.3) is 0 Å². The predicted molar refractivity (Wildman–Crippen MR) is 110 cm³/mol. The van der Waals surface area contributed by atoms with Gasteiger partial charge in [0.2, 0.25) is 11.8 Å². The van der Waals surface area contributed by atoms with Crippen LogP contribution in [-0.4, -0.2) is 51.5 Å². The topological polar surface area (TPSA) is 95.6 Å². The number of hydrogen-bond acceptors (Lipinski definition) is 5. The summed E-state index contributed by atoms with van der Waals surface area (Å²) in [6.45, 7) is 3.87. The first kappa shape index (κ1) is 21.6. The van der Waals surface area contributed by atoms with Crippen LogP contribution in [0, 0.1) is 13.8 Å². The van der Waals surface area contributed by atoms with Crippen molar-refractivity contribution >= 4 is 33.0 Å². The van der Waals surface area contributed by atoms with E-state index in [1.54, 1.807) is 24.1 Å². The van der Waals surface area contributed by atoms with Gasteiger partial charge in [0.1, 0.15) is 0 Å². The van der Waals surface area contributed by atoms with Crippen LogP contribution >= 0.6 is 0 Å². The van der Waals surface area contributed by atoms with Crippen molar-refractivity contribution in [1.82, 2.24) is 4.90 Å². The van der Waals surface area contributed by atoms with Crippen molar-refractivity contribution in [2.45, 2.75) is 18.7 Å². The van der Waals surface area contributed by atoms with Crippen molar-refractivity contribution in [2.24, 2.45) is 0 Å². The molecule has 2 aromatic carbocycles. The number of nitrogens with zero attached hydrogens (tertiary/aromatic N) is 1. The largest absolute Gasteiger partial charge is 0.325 e. The second kappa shape index (κ2) is 8.99. The number of sulfone groups is 1. The minimum atomic E-state index is -3.46. The Morgan fingerprint density at radius 1 is 0.893 bits per heavy atom. The van der Waals surface area contributed by atoms with Crippen molar-refractivity contribution in [1.29, 1.82) is 0 Å². The molecule has 0 aromatic heterocycles. The number of benzene rings is 2. The third-order valence-electron chi connectivity index (χ3n) is 4.27. The van der Waals surface area contributed by atoms with Gasteiger partial charge in [-0.1, -0.05) is 24.3 Å². The fraction of sp³-hybridized carbons (Fsp3) is 0.300. The minimum Gasteiger partial charge on any atom is -0.325 e. The second-order valence-electron chi connectivity index (χ2n) is 6.78. The van der Waals surface area contributed by atoms with Gasteiger partial charge in [-0.05, 0) is 50.2 Å². The molecule has 0 radical (unpaired) electrons. The first-order valence-corrected chi connectivity index (χ1v) is 10.6. The Hall–Kier alpha value is -2.71. The van der Waals surface area contributed by atoms with E-state index in [4.69, 9.17) is 0 Å². The summed E-state index contributed by atoms with van der Waals surface area (Å²) in [5.74, 6) is -0.640. The van der Waals surface area contributed by atoms with E-state index in [2.05, 4.69) is 10.6 Å². The average Bonchev–Trinajstić information content (AvgIpc) is 2.58. The fourth-order valence-corrected chi connectivity index (χ4v) is 3.55. The Balaban J connectivity index is 1.94. The molecule has 8 heteroatoms. The van der Waals surface area contributed by atoms with Crippen molar-refractivity contribution in [3.63, 3.8) is 0 Å². The van der Waals surface area contributed by atoms with E-state index in [1.807, 2.05) is 32.0 Å². The molecule has 150 valence electrons. The van der Waals surface area contributed by atoms with Gasteiger partial charge in [0.15, 0.2) is 9.84 Å². The molecule has 2 amide bonds. The molecule has 0 aliphatic rings. The summed E-state index contributed by atoms with van der Waals surface area (Å²) in [4.78, 5) is 26.1. The molecular weight excluding hydrogens is 378 g/mol. The number of likely N-dealkylation sites (N-methyl/N-ethyl adjacent to an activating group) is 1. The SMILES string of the molecule is Cc1cccc(NC(=O)CN(C)CC(=O)Nc2ccccc2S(C)(=O)=O)c1C. The van der Waals surface area contributed by atoms with Crippen LogP contribution in [0.1, 0.15) is 11.1 Å². The Bertz CT molecular complexity index is 987. The monoisotopic (exact) mass is 403 g/mol. The molecule has 0 heterocycles. The first-order valence-electron chi connectivity index (χ1n) is 8.71. The van der Waals surface area contributed by atoms with Crippen molar-refractivity contribution < 1.29 is 18.0 Å². The highest BCUT2D eigenvalue weighted by Crippen LogP contribution is 2.20. The molecule has 0 spiro atoms. The summed E-state index contributed by atoms with van der Waals surface area (Å²) in [7, 11) is -1.82. The van der Waals surface area contributed by atoms with E-state index in [9.17, 15) is 18.0 Å². The van der Waals surface area contributed by atoms with Gasteiger partial charge < -0.3 is 10.6 Å². The molecule has 2 rings (SSSR count). The van der Waals surface area contributed by atoms with Crippen LogP contribution in [0.15, 0.2) is 47.4 Å². The number of para-hydroxylation sites is 1. The zero-order valence-electron chi connectivity index (χ0n) is 16.4. The smallest absolute Gasteiger partial charge is 0.238 e. The highest BCUT2D eigenvalue weighted by Gasteiger charge is 2.16. The van der Waals surface area contributed by atoms with Gasteiger partial charge in [-0.25, -0.2) is 8.42 Å². The Morgan fingerprint density at radius 2 is 1.43 bits per heavy atom. The maximum absolute atomic E-state index is 12.3. The molecule has 2 aromatic rings. The van der Waals surface area contributed by atoms with Gasteiger partial charge in [-0.3, -0.25) is 14.5 Å². The quantitative estimate of drug-likeness (QED) is 0.739. The number of rotatable bonds is 7. The number of carbonyl (C=O) groups excluding carboxylic acids is 2. The normalized spacial score (nSPS) is 11.3. The zero-order valence-corrected chi connectivity index (χ0v) is 17.3. The highest BCUT2D eigenvalue weighted by molar-refractivity contribution is 7.90. The molecule has 0 bridgehead atoms.